The number of aromatic nitrogens is 1. The number of carboxylic acid groups (broad SMARTS) is 1. The van der Waals surface area contributed by atoms with Crippen molar-refractivity contribution in [2.45, 2.75) is 19.9 Å². The average molecular weight is 284 g/mol. The van der Waals surface area contributed by atoms with Gasteiger partial charge in [-0.3, -0.25) is 9.78 Å². The summed E-state index contributed by atoms with van der Waals surface area (Å²) in [5, 5.41) is 11.8. The quantitative estimate of drug-likeness (QED) is 0.902. The van der Waals surface area contributed by atoms with Crippen molar-refractivity contribution in [3.8, 4) is 0 Å². The number of carbonyl (C=O) groups excluding carboxylic acids is 1. The number of nitrogens with one attached hydrogen (secondary N) is 1. The van der Waals surface area contributed by atoms with Crippen LogP contribution in [0.4, 0.5) is 0 Å². The van der Waals surface area contributed by atoms with Gasteiger partial charge in [0.25, 0.3) is 5.91 Å². The predicted octanol–water partition coefficient (Wildman–Crippen LogP) is 2.25. The second-order valence-electron chi connectivity index (χ2n) is 4.74. The Kier molecular flexibility index (Phi) is 4.33. The third-order valence-corrected chi connectivity index (χ3v) is 3.12. The van der Waals surface area contributed by atoms with Gasteiger partial charge in [-0.2, -0.15) is 0 Å². The monoisotopic (exact) mass is 284 g/mol. The number of hydrogen-bond donors (Lipinski definition) is 2. The second-order valence-corrected chi connectivity index (χ2v) is 4.74. The average Bonchev–Trinajstić information content (AvgIpc) is 2.45. The molecule has 1 heterocycles. The van der Waals surface area contributed by atoms with Crippen LogP contribution in [0.2, 0.25) is 0 Å². The minimum Gasteiger partial charge on any atom is -0.479 e. The van der Waals surface area contributed by atoms with Crippen molar-refractivity contribution in [2.75, 3.05) is 0 Å². The molecule has 0 saturated carbocycles. The maximum Gasteiger partial charge on any atom is 0.330 e. The van der Waals surface area contributed by atoms with Crippen molar-refractivity contribution in [1.29, 1.82) is 0 Å². The Hall–Kier alpha value is -2.69. The van der Waals surface area contributed by atoms with E-state index in [1.54, 1.807) is 49.4 Å². The van der Waals surface area contributed by atoms with E-state index in [1.807, 2.05) is 6.92 Å². The molecule has 0 aliphatic rings. The fourth-order valence-corrected chi connectivity index (χ4v) is 2.07. The molecule has 0 unspecified atom stereocenters. The molecule has 0 fully saturated rings. The van der Waals surface area contributed by atoms with Crippen molar-refractivity contribution in [2.24, 2.45) is 0 Å². The van der Waals surface area contributed by atoms with Crippen LogP contribution in [-0.4, -0.2) is 22.0 Å². The van der Waals surface area contributed by atoms with Crippen molar-refractivity contribution in [1.82, 2.24) is 10.3 Å². The van der Waals surface area contributed by atoms with E-state index in [4.69, 9.17) is 0 Å². The molecule has 1 amide bonds. The minimum atomic E-state index is -1.10. The fraction of sp³-hybridized carbons (Fsp3) is 0.188. The number of pyridine rings is 1. The van der Waals surface area contributed by atoms with E-state index in [-0.39, 0.29) is 0 Å². The SMILES string of the molecule is Cc1ccc(C(=O)N[C@@H](C(=O)O)c2ccccc2)c(C)n1. The molecule has 0 radical (unpaired) electrons. The third-order valence-electron chi connectivity index (χ3n) is 3.12. The number of nitrogens with zero attached hydrogens (tertiary/aromatic N) is 1. The first-order valence-electron chi connectivity index (χ1n) is 6.52. The largest absolute Gasteiger partial charge is 0.479 e. The molecule has 2 N–H and O–H groups in total. The van der Waals surface area contributed by atoms with Crippen LogP contribution in [0, 0.1) is 13.8 Å². The van der Waals surface area contributed by atoms with Gasteiger partial charge in [-0.15, -0.1) is 0 Å². The number of hydrogen-bond acceptors (Lipinski definition) is 3. The molecule has 21 heavy (non-hydrogen) atoms. The van der Waals surface area contributed by atoms with Crippen molar-refractivity contribution in [3.05, 3.63) is 65.0 Å². The molecule has 5 heteroatoms. The van der Waals surface area contributed by atoms with Crippen LogP contribution in [0.5, 0.6) is 0 Å². The highest BCUT2D eigenvalue weighted by atomic mass is 16.4. The molecule has 0 bridgehead atoms. The number of carboxylic acids is 1. The van der Waals surface area contributed by atoms with Crippen molar-refractivity contribution >= 4 is 11.9 Å². The summed E-state index contributed by atoms with van der Waals surface area (Å²) >= 11 is 0. The van der Waals surface area contributed by atoms with Gasteiger partial charge in [0.1, 0.15) is 0 Å². The van der Waals surface area contributed by atoms with Crippen LogP contribution in [0.25, 0.3) is 0 Å². The molecule has 0 saturated heterocycles. The van der Waals surface area contributed by atoms with Gasteiger partial charge in [0.2, 0.25) is 0 Å². The zero-order chi connectivity index (χ0) is 15.4. The van der Waals surface area contributed by atoms with Gasteiger partial charge in [-0.25, -0.2) is 4.79 Å². The van der Waals surface area contributed by atoms with Gasteiger partial charge in [-0.05, 0) is 31.5 Å². The van der Waals surface area contributed by atoms with Crippen LogP contribution in [-0.2, 0) is 4.79 Å². The number of aryl methyl sites for hydroxylation is 2. The lowest BCUT2D eigenvalue weighted by Gasteiger charge is -2.15. The number of carbonyl (C=O) groups is 2. The van der Waals surface area contributed by atoms with Crippen LogP contribution >= 0.6 is 0 Å². The minimum absolute atomic E-state index is 0.378. The molecule has 5 nitrogen and oxygen atoms in total. The summed E-state index contributed by atoms with van der Waals surface area (Å²) in [7, 11) is 0. The lowest BCUT2D eigenvalue weighted by Crippen LogP contribution is -2.34. The Morgan fingerprint density at radius 3 is 2.33 bits per heavy atom. The number of aliphatic carboxylic acids is 1. The van der Waals surface area contributed by atoms with E-state index < -0.39 is 17.9 Å². The normalized spacial score (nSPS) is 11.7. The van der Waals surface area contributed by atoms with Gasteiger partial charge in [-0.1, -0.05) is 30.3 Å². The standard InChI is InChI=1S/C16H16N2O3/c1-10-8-9-13(11(2)17-10)15(19)18-14(16(20)21)12-6-4-3-5-7-12/h3-9,14H,1-2H3,(H,18,19)(H,20,21)/t14-/m1/s1. The summed E-state index contributed by atoms with van der Waals surface area (Å²) in [6.45, 7) is 3.55. The van der Waals surface area contributed by atoms with E-state index in [9.17, 15) is 14.7 Å². The summed E-state index contributed by atoms with van der Waals surface area (Å²) in [6, 6.07) is 10.9. The summed E-state index contributed by atoms with van der Waals surface area (Å²) < 4.78 is 0. The van der Waals surface area contributed by atoms with Crippen LogP contribution < -0.4 is 5.32 Å². The maximum absolute atomic E-state index is 12.3. The number of benzene rings is 1. The Labute approximate surface area is 122 Å². The first kappa shape index (κ1) is 14.7. The highest BCUT2D eigenvalue weighted by Gasteiger charge is 2.23. The molecule has 108 valence electrons. The van der Waals surface area contributed by atoms with Gasteiger partial charge >= 0.3 is 5.97 Å². The lowest BCUT2D eigenvalue weighted by molar-refractivity contribution is -0.139. The molecule has 2 rings (SSSR count). The number of rotatable bonds is 4. The van der Waals surface area contributed by atoms with E-state index >= 15 is 0 Å². The molecule has 1 aromatic heterocycles. The second kappa shape index (κ2) is 6.17. The third kappa shape index (κ3) is 3.45. The molecule has 0 aliphatic heterocycles. The Morgan fingerprint density at radius 1 is 1.10 bits per heavy atom. The highest BCUT2D eigenvalue weighted by molar-refractivity contribution is 5.97. The van der Waals surface area contributed by atoms with Gasteiger partial charge in [0.05, 0.1) is 11.3 Å². The lowest BCUT2D eigenvalue weighted by atomic mass is 10.1. The van der Waals surface area contributed by atoms with Crippen molar-refractivity contribution < 1.29 is 14.7 Å². The first-order valence-corrected chi connectivity index (χ1v) is 6.52. The zero-order valence-corrected chi connectivity index (χ0v) is 11.8. The highest BCUT2D eigenvalue weighted by Crippen LogP contribution is 2.15. The van der Waals surface area contributed by atoms with Crippen LogP contribution in [0.15, 0.2) is 42.5 Å². The van der Waals surface area contributed by atoms with E-state index in [1.165, 1.54) is 0 Å². The molecule has 1 atom stereocenters. The van der Waals surface area contributed by atoms with Gasteiger partial charge < -0.3 is 10.4 Å². The fourth-order valence-electron chi connectivity index (χ4n) is 2.07. The molecule has 2 aromatic rings. The van der Waals surface area contributed by atoms with E-state index in [2.05, 4.69) is 10.3 Å². The molecule has 1 aromatic carbocycles. The summed E-state index contributed by atoms with van der Waals surface area (Å²) in [5.74, 6) is -1.55. The summed E-state index contributed by atoms with van der Waals surface area (Å²) in [4.78, 5) is 27.8. The molecular formula is C16H16N2O3. The van der Waals surface area contributed by atoms with Crippen molar-refractivity contribution in [3.63, 3.8) is 0 Å². The van der Waals surface area contributed by atoms with Gasteiger partial charge in [0.15, 0.2) is 6.04 Å². The maximum atomic E-state index is 12.3. The smallest absolute Gasteiger partial charge is 0.330 e. The Balaban J connectivity index is 2.25. The van der Waals surface area contributed by atoms with Crippen LogP contribution in [0.1, 0.15) is 33.4 Å². The zero-order valence-electron chi connectivity index (χ0n) is 11.8. The predicted molar refractivity (Wildman–Crippen MR) is 78.0 cm³/mol. The van der Waals surface area contributed by atoms with E-state index in [0.717, 1.165) is 5.69 Å². The summed E-state index contributed by atoms with van der Waals surface area (Å²) in [6.07, 6.45) is 0. The first-order chi connectivity index (χ1) is 9.99. The number of amides is 1. The summed E-state index contributed by atoms with van der Waals surface area (Å²) in [5.41, 5.74) is 2.28. The topological polar surface area (TPSA) is 79.3 Å². The molecule has 0 aliphatic carbocycles. The van der Waals surface area contributed by atoms with Gasteiger partial charge in [0, 0.05) is 5.69 Å². The Morgan fingerprint density at radius 2 is 1.76 bits per heavy atom. The molecular weight excluding hydrogens is 268 g/mol. The van der Waals surface area contributed by atoms with E-state index in [0.29, 0.717) is 16.8 Å². The Bertz CT molecular complexity index is 668. The molecule has 0 spiro atoms. The van der Waals surface area contributed by atoms with Crippen LogP contribution in [0.3, 0.4) is 0 Å².